The molecule has 0 aromatic carbocycles. The SMILES string of the molecule is CCC1=C(N)CCC1. The average molecular weight is 111 g/mol. The summed E-state index contributed by atoms with van der Waals surface area (Å²) in [6.45, 7) is 2.17. The predicted octanol–water partition coefficient (Wildman–Crippen LogP) is 1.79. The van der Waals surface area contributed by atoms with Crippen molar-refractivity contribution >= 4 is 0 Å². The highest BCUT2D eigenvalue weighted by Gasteiger charge is 2.07. The highest BCUT2D eigenvalue weighted by molar-refractivity contribution is 5.15. The van der Waals surface area contributed by atoms with Crippen molar-refractivity contribution in [2.24, 2.45) is 5.73 Å². The quantitative estimate of drug-likeness (QED) is 0.548. The summed E-state index contributed by atoms with van der Waals surface area (Å²) in [6.07, 6.45) is 4.84. The van der Waals surface area contributed by atoms with E-state index in [9.17, 15) is 0 Å². The molecule has 46 valence electrons. The summed E-state index contributed by atoms with van der Waals surface area (Å²) >= 11 is 0. The molecule has 0 aliphatic heterocycles. The van der Waals surface area contributed by atoms with Gasteiger partial charge in [-0.25, -0.2) is 0 Å². The van der Waals surface area contributed by atoms with Gasteiger partial charge in [0, 0.05) is 5.70 Å². The average Bonchev–Trinajstić information content (AvgIpc) is 2.14. The molecule has 2 N–H and O–H groups in total. The molecule has 8 heavy (non-hydrogen) atoms. The van der Waals surface area contributed by atoms with Crippen LogP contribution in [0.25, 0.3) is 0 Å². The van der Waals surface area contributed by atoms with E-state index in [0.29, 0.717) is 0 Å². The lowest BCUT2D eigenvalue weighted by molar-refractivity contribution is 0.872. The normalized spacial score (nSPS) is 20.1. The summed E-state index contributed by atoms with van der Waals surface area (Å²) in [7, 11) is 0. The molecule has 0 saturated carbocycles. The molecule has 0 fully saturated rings. The zero-order valence-electron chi connectivity index (χ0n) is 5.41. The summed E-state index contributed by atoms with van der Waals surface area (Å²) in [5, 5.41) is 0. The molecule has 1 aliphatic rings. The fourth-order valence-electron chi connectivity index (χ4n) is 1.23. The van der Waals surface area contributed by atoms with Gasteiger partial charge in [0.15, 0.2) is 0 Å². The van der Waals surface area contributed by atoms with Crippen molar-refractivity contribution in [3.05, 3.63) is 11.3 Å². The Morgan fingerprint density at radius 1 is 1.50 bits per heavy atom. The van der Waals surface area contributed by atoms with Crippen molar-refractivity contribution in [3.8, 4) is 0 Å². The monoisotopic (exact) mass is 111 g/mol. The van der Waals surface area contributed by atoms with E-state index >= 15 is 0 Å². The predicted molar refractivity (Wildman–Crippen MR) is 35.4 cm³/mol. The highest BCUT2D eigenvalue weighted by atomic mass is 14.6. The molecule has 0 saturated heterocycles. The molecule has 0 amide bonds. The van der Waals surface area contributed by atoms with E-state index in [1.165, 1.54) is 18.4 Å². The maximum atomic E-state index is 5.67. The van der Waals surface area contributed by atoms with Crippen LogP contribution in [0.4, 0.5) is 0 Å². The van der Waals surface area contributed by atoms with E-state index in [1.54, 1.807) is 0 Å². The van der Waals surface area contributed by atoms with Crippen molar-refractivity contribution in [2.45, 2.75) is 32.6 Å². The fourth-order valence-corrected chi connectivity index (χ4v) is 1.23. The minimum Gasteiger partial charge on any atom is -0.402 e. The van der Waals surface area contributed by atoms with Crippen LogP contribution in [-0.4, -0.2) is 0 Å². The fraction of sp³-hybridized carbons (Fsp3) is 0.714. The number of hydrogen-bond acceptors (Lipinski definition) is 1. The molecule has 1 aliphatic carbocycles. The standard InChI is InChI=1S/C7H13N/c1-2-6-4-3-5-7(6)8/h2-5,8H2,1H3. The van der Waals surface area contributed by atoms with Crippen LogP contribution < -0.4 is 5.73 Å². The van der Waals surface area contributed by atoms with Gasteiger partial charge >= 0.3 is 0 Å². The Hall–Kier alpha value is -0.460. The van der Waals surface area contributed by atoms with Crippen LogP contribution in [0.2, 0.25) is 0 Å². The molecule has 1 nitrogen and oxygen atoms in total. The summed E-state index contributed by atoms with van der Waals surface area (Å²) in [5.74, 6) is 0. The molecule has 0 bridgehead atoms. The first kappa shape index (κ1) is 5.67. The van der Waals surface area contributed by atoms with Gasteiger partial charge in [0.2, 0.25) is 0 Å². The molecule has 0 aromatic rings. The second-order valence-corrected chi connectivity index (χ2v) is 2.34. The minimum atomic E-state index is 1.14. The third-order valence-electron chi connectivity index (χ3n) is 1.81. The zero-order chi connectivity index (χ0) is 5.98. The van der Waals surface area contributed by atoms with Crippen LogP contribution in [0, 0.1) is 0 Å². The maximum Gasteiger partial charge on any atom is 0.00723 e. The largest absolute Gasteiger partial charge is 0.402 e. The Morgan fingerprint density at radius 3 is 2.50 bits per heavy atom. The molecule has 1 rings (SSSR count). The third-order valence-corrected chi connectivity index (χ3v) is 1.81. The second-order valence-electron chi connectivity index (χ2n) is 2.34. The number of hydrogen-bond donors (Lipinski definition) is 1. The van der Waals surface area contributed by atoms with Crippen molar-refractivity contribution in [2.75, 3.05) is 0 Å². The lowest BCUT2D eigenvalue weighted by Gasteiger charge is -1.94. The summed E-state index contributed by atoms with van der Waals surface area (Å²) < 4.78 is 0. The molecule has 0 heterocycles. The van der Waals surface area contributed by atoms with Gasteiger partial charge < -0.3 is 5.73 Å². The molecule has 0 spiro atoms. The Morgan fingerprint density at radius 2 is 2.25 bits per heavy atom. The van der Waals surface area contributed by atoms with Gasteiger partial charge in [0.25, 0.3) is 0 Å². The first-order valence-corrected chi connectivity index (χ1v) is 3.31. The Balaban J connectivity index is 2.58. The van der Waals surface area contributed by atoms with Crippen LogP contribution in [0.15, 0.2) is 11.3 Å². The van der Waals surface area contributed by atoms with Gasteiger partial charge in [-0.15, -0.1) is 0 Å². The van der Waals surface area contributed by atoms with Crippen LogP contribution >= 0.6 is 0 Å². The number of allylic oxidation sites excluding steroid dienone is 2. The Labute approximate surface area is 50.6 Å². The first-order chi connectivity index (χ1) is 3.84. The van der Waals surface area contributed by atoms with E-state index < -0.39 is 0 Å². The number of nitrogens with two attached hydrogens (primary N) is 1. The lowest BCUT2D eigenvalue weighted by atomic mass is 10.2. The third kappa shape index (κ3) is 0.857. The van der Waals surface area contributed by atoms with Crippen LogP contribution in [0.3, 0.4) is 0 Å². The van der Waals surface area contributed by atoms with Crippen LogP contribution in [0.1, 0.15) is 32.6 Å². The minimum absolute atomic E-state index is 1.14. The van der Waals surface area contributed by atoms with Gasteiger partial charge in [0.1, 0.15) is 0 Å². The molecule has 1 heteroatoms. The van der Waals surface area contributed by atoms with Crippen molar-refractivity contribution in [1.82, 2.24) is 0 Å². The number of rotatable bonds is 1. The van der Waals surface area contributed by atoms with E-state index in [0.717, 1.165) is 18.5 Å². The van der Waals surface area contributed by atoms with Gasteiger partial charge in [-0.1, -0.05) is 12.5 Å². The molecule has 0 unspecified atom stereocenters. The van der Waals surface area contributed by atoms with Crippen LogP contribution in [0.5, 0.6) is 0 Å². The van der Waals surface area contributed by atoms with Gasteiger partial charge in [-0.05, 0) is 25.7 Å². The molecule has 0 radical (unpaired) electrons. The first-order valence-electron chi connectivity index (χ1n) is 3.31. The van der Waals surface area contributed by atoms with Crippen molar-refractivity contribution in [1.29, 1.82) is 0 Å². The van der Waals surface area contributed by atoms with Gasteiger partial charge in [-0.2, -0.15) is 0 Å². The molecule has 0 atom stereocenters. The smallest absolute Gasteiger partial charge is 0.00723 e. The second kappa shape index (κ2) is 2.21. The van der Waals surface area contributed by atoms with Crippen molar-refractivity contribution < 1.29 is 0 Å². The molecular formula is C7H13N. The molecular weight excluding hydrogens is 98.1 g/mol. The Kier molecular flexibility index (Phi) is 1.56. The van der Waals surface area contributed by atoms with Crippen molar-refractivity contribution in [3.63, 3.8) is 0 Å². The maximum absolute atomic E-state index is 5.67. The van der Waals surface area contributed by atoms with E-state index in [-0.39, 0.29) is 0 Å². The van der Waals surface area contributed by atoms with Gasteiger partial charge in [-0.3, -0.25) is 0 Å². The lowest BCUT2D eigenvalue weighted by Crippen LogP contribution is -1.94. The van der Waals surface area contributed by atoms with E-state index in [2.05, 4.69) is 6.92 Å². The van der Waals surface area contributed by atoms with E-state index in [4.69, 9.17) is 5.73 Å². The summed E-state index contributed by atoms with van der Waals surface area (Å²) in [6, 6.07) is 0. The summed E-state index contributed by atoms with van der Waals surface area (Å²) in [5.41, 5.74) is 8.32. The van der Waals surface area contributed by atoms with Crippen LogP contribution in [-0.2, 0) is 0 Å². The highest BCUT2D eigenvalue weighted by Crippen LogP contribution is 2.23. The zero-order valence-corrected chi connectivity index (χ0v) is 5.41. The van der Waals surface area contributed by atoms with Gasteiger partial charge in [0.05, 0.1) is 0 Å². The summed E-state index contributed by atoms with van der Waals surface area (Å²) in [4.78, 5) is 0. The van der Waals surface area contributed by atoms with E-state index in [1.807, 2.05) is 0 Å². The topological polar surface area (TPSA) is 26.0 Å². The Bertz CT molecular complexity index is 114. The molecule has 0 aromatic heterocycles.